The molecule has 2 N–H and O–H groups in total. The van der Waals surface area contributed by atoms with Gasteiger partial charge < -0.3 is 60.2 Å². The van der Waals surface area contributed by atoms with Crippen molar-refractivity contribution in [1.29, 1.82) is 0 Å². The second-order valence-corrected chi connectivity index (χ2v) is 30.2. The average Bonchev–Trinajstić information content (AvgIpc) is 1.62. The number of nitrogens with zero attached hydrogens (tertiary/aromatic N) is 10. The van der Waals surface area contributed by atoms with E-state index in [-0.39, 0.29) is 130 Å². The Bertz CT molecular complexity index is 3720. The maximum Gasteiger partial charge on any atom is 2.00 e. The number of nitroso groups, excluding NO2 is 2. The first-order valence-electron chi connectivity index (χ1n) is 31.3. The minimum atomic E-state index is -1.01. The number of hydrogen-bond acceptors (Lipinski definition) is 26. The standard InChI is InChI=1S/2C13H17N3O4.2C13H15N3O4.2C5H10O2.2C3H6O.3Co/c4*1-12(2)13(3,4)15(18)11(14-12)9-7-8(16(19)20)5-6-10(9)17;2*1-5(2,3)4(6)7;2*1-3(2)4;;;/h2*5-7,14,17H,1-4H3;2*5-7H,1-4H3;2*1-3H3,(H,6,7);2*1-2H3;;;/q;;;;;;;;;;+2/p-4. The number of carbonyl (C=O) groups is 4. The SMILES string of the molecule is CC(C)(C)C(=O)[O-].CC(C)(C)C(=O)[O-].CC(C)=O.CC(C)=O.CC1(C)N=C(c2cc([N+](=O)[O-])ccc2[O-])[N+](=O)C1(C)C.CC1(C)N=C(c2cc([N+](=O)[O-])ccc2[O-])[N+](=O)C1(C)C.CC1(C)NC(c2cc([N+](=O)[O-])ccc2[O-])=[N+]([O-])C1(C)C.CC1(C)NC(c2cc([N+](=O)[O-])ccc2[O-])=[N+]([O-])C1(C)C.[Co+2].[Co].[Co]. The number of hydroxylamine groups is 2. The van der Waals surface area contributed by atoms with E-state index in [1.807, 2.05) is 27.7 Å². The Balaban J connectivity index is -0.00000119. The van der Waals surface area contributed by atoms with E-state index in [9.17, 15) is 111 Å². The number of carbonyl (C=O) groups excluding carboxylic acids is 4. The summed E-state index contributed by atoms with van der Waals surface area (Å²) >= 11 is 0. The zero-order valence-corrected chi connectivity index (χ0v) is 66.5. The Morgan fingerprint density at radius 1 is 0.400 bits per heavy atom. The van der Waals surface area contributed by atoms with Gasteiger partial charge in [-0.25, -0.2) is 0 Å². The van der Waals surface area contributed by atoms with Gasteiger partial charge in [-0.2, -0.15) is 0 Å². The number of ketones is 2. The third-order valence-corrected chi connectivity index (χ3v) is 17.4. The van der Waals surface area contributed by atoms with Gasteiger partial charge in [0.25, 0.3) is 34.4 Å². The van der Waals surface area contributed by atoms with Crippen LogP contribution in [0.4, 0.5) is 22.7 Å². The van der Waals surface area contributed by atoms with Crippen LogP contribution in [0.2, 0.25) is 0 Å². The topological polar surface area (TPSA) is 520 Å². The predicted molar refractivity (Wildman–Crippen MR) is 367 cm³/mol. The molecule has 4 aromatic rings. The van der Waals surface area contributed by atoms with Crippen molar-refractivity contribution in [3.63, 3.8) is 0 Å². The van der Waals surface area contributed by atoms with E-state index >= 15 is 0 Å². The summed E-state index contributed by atoms with van der Waals surface area (Å²) in [5, 5.41) is 141. The molecule has 4 aliphatic heterocycles. The molecule has 0 amide bonds. The van der Waals surface area contributed by atoms with Gasteiger partial charge in [0.1, 0.15) is 33.7 Å². The molecule has 4 heterocycles. The Kier molecular flexibility index (Phi) is 34.7. The van der Waals surface area contributed by atoms with Crippen LogP contribution in [-0.4, -0.2) is 130 Å². The maximum atomic E-state index is 12.4. The van der Waals surface area contributed by atoms with Crippen LogP contribution in [0.3, 0.4) is 0 Å². The Hall–Kier alpha value is -9.44. The van der Waals surface area contributed by atoms with Crippen molar-refractivity contribution >= 4 is 69.6 Å². The van der Waals surface area contributed by atoms with Gasteiger partial charge in [-0.05, 0) is 148 Å². The second kappa shape index (κ2) is 36.5. The summed E-state index contributed by atoms with van der Waals surface area (Å²) in [5.41, 5.74) is -8.07. The number of amidine groups is 4. The van der Waals surface area contributed by atoms with Gasteiger partial charge in [0.05, 0.1) is 41.9 Å². The molecule has 0 saturated carbocycles. The first-order valence-corrected chi connectivity index (χ1v) is 31.3. The Morgan fingerprint density at radius 2 is 0.581 bits per heavy atom. The van der Waals surface area contributed by atoms with Crippen LogP contribution in [-0.2, 0) is 69.5 Å². The van der Waals surface area contributed by atoms with E-state index in [0.29, 0.717) is 19.0 Å². The number of Topliss-reactive ketones (excluding diaryl/α,β-unsaturated/α-hetero) is 2. The average molecular weight is 1610 g/mol. The molecule has 8 rings (SSSR count). The van der Waals surface area contributed by atoms with Gasteiger partial charge in [0.15, 0.2) is 22.2 Å². The number of benzene rings is 4. The van der Waals surface area contributed by atoms with Crippen molar-refractivity contribution in [1.82, 2.24) is 10.6 Å². The normalized spacial score (nSPS) is 17.1. The molecule has 0 bridgehead atoms. The number of carboxylic acid groups (broad SMARTS) is 2. The summed E-state index contributed by atoms with van der Waals surface area (Å²) in [6.45, 7) is 44.1. The summed E-state index contributed by atoms with van der Waals surface area (Å²) in [6, 6.07) is 13.3. The zero-order valence-electron chi connectivity index (χ0n) is 63.4. The minimum Gasteiger partial charge on any atom is -0.872 e. The van der Waals surface area contributed by atoms with Crippen molar-refractivity contribution < 1.29 is 139 Å². The largest absolute Gasteiger partial charge is 2.00 e. The molecule has 105 heavy (non-hydrogen) atoms. The van der Waals surface area contributed by atoms with Gasteiger partial charge in [-0.3, -0.25) is 60.6 Å². The fraction of sp³-hybridized carbons (Fsp3) is 0.529. The van der Waals surface area contributed by atoms with Crippen LogP contribution in [0.1, 0.15) is 202 Å². The number of nitro groups is 4. The van der Waals surface area contributed by atoms with Crippen molar-refractivity contribution in [3.05, 3.63) is 156 Å². The van der Waals surface area contributed by atoms with E-state index in [4.69, 9.17) is 0 Å². The smallest absolute Gasteiger partial charge is 0.872 e. The summed E-state index contributed by atoms with van der Waals surface area (Å²) in [7, 11) is 0. The first-order chi connectivity index (χ1) is 45.7. The molecular weight excluding hydrogens is 1510 g/mol. The number of aliphatic carboxylic acids is 2. The van der Waals surface area contributed by atoms with Crippen LogP contribution in [0, 0.1) is 71.5 Å². The Labute approximate surface area is 639 Å². The third-order valence-electron chi connectivity index (χ3n) is 17.4. The third kappa shape index (κ3) is 24.3. The molecule has 0 fully saturated rings. The van der Waals surface area contributed by atoms with Crippen molar-refractivity contribution in [2.75, 3.05) is 0 Å². The first kappa shape index (κ1) is 99.7. The minimum absolute atomic E-state index is 0. The molecule has 4 aromatic carbocycles. The molecule has 0 atom stereocenters. The quantitative estimate of drug-likeness (QED) is 0.0828. The number of nitro benzene ring substituents is 4. The number of nitrogens with one attached hydrogen (secondary N) is 2. The van der Waals surface area contributed by atoms with Crippen LogP contribution >= 0.6 is 0 Å². The molecule has 34 nitrogen and oxygen atoms in total. The molecule has 0 unspecified atom stereocenters. The predicted octanol–water partition coefficient (Wildman–Crippen LogP) is 6.45. The number of hydrogen-bond donors (Lipinski definition) is 2. The van der Waals surface area contributed by atoms with Crippen LogP contribution in [0.25, 0.3) is 0 Å². The van der Waals surface area contributed by atoms with E-state index in [0.717, 1.165) is 72.8 Å². The summed E-state index contributed by atoms with van der Waals surface area (Å²) in [4.78, 5) is 113. The zero-order chi connectivity index (χ0) is 80.5. The van der Waals surface area contributed by atoms with Crippen LogP contribution < -0.4 is 41.3 Å². The van der Waals surface area contributed by atoms with Crippen molar-refractivity contribution in [2.45, 2.75) is 224 Å². The molecule has 0 saturated heterocycles. The van der Waals surface area contributed by atoms with E-state index in [1.165, 1.54) is 27.7 Å². The molecule has 3 radical (unpaired) electrons. The Morgan fingerprint density at radius 3 is 0.724 bits per heavy atom. The summed E-state index contributed by atoms with van der Waals surface area (Å²) in [5.74, 6) is -3.38. The van der Waals surface area contributed by atoms with Gasteiger partial charge in [-0.1, -0.05) is 109 Å². The molecule has 4 aliphatic rings. The monoisotopic (exact) mass is 1610 g/mol. The van der Waals surface area contributed by atoms with Crippen molar-refractivity contribution in [2.24, 2.45) is 20.8 Å². The number of non-ortho nitro benzene ring substituents is 4. The molecule has 0 aliphatic carbocycles. The second-order valence-electron chi connectivity index (χ2n) is 30.2. The van der Waals surface area contributed by atoms with E-state index in [1.54, 1.807) is 125 Å². The van der Waals surface area contributed by atoms with Gasteiger partial charge in [0, 0.05) is 105 Å². The van der Waals surface area contributed by atoms with Crippen LogP contribution in [0.15, 0.2) is 82.8 Å². The fourth-order valence-corrected chi connectivity index (χ4v) is 7.93. The number of rotatable bonds is 8. The van der Waals surface area contributed by atoms with E-state index in [2.05, 4.69) is 20.6 Å². The fourth-order valence-electron chi connectivity index (χ4n) is 7.93. The van der Waals surface area contributed by atoms with Gasteiger partial charge in [0.2, 0.25) is 0 Å². The molecule has 0 aromatic heterocycles. The molecule has 585 valence electrons. The molecular formula is C68H92Co3N12O22-2. The van der Waals surface area contributed by atoms with Crippen molar-refractivity contribution in [3.8, 4) is 23.0 Å². The summed E-state index contributed by atoms with van der Waals surface area (Å²) in [6.07, 6.45) is 0. The van der Waals surface area contributed by atoms with Gasteiger partial charge >= 0.3 is 28.5 Å². The van der Waals surface area contributed by atoms with Gasteiger partial charge in [-0.15, -0.1) is 0 Å². The summed E-state index contributed by atoms with van der Waals surface area (Å²) < 4.78 is 2.75. The molecule has 37 heteroatoms. The molecule has 0 spiro atoms. The number of carboxylic acids is 2. The van der Waals surface area contributed by atoms with Crippen LogP contribution in [0.5, 0.6) is 23.0 Å². The van der Waals surface area contributed by atoms with E-state index < -0.39 is 110 Å². The number of aliphatic imine (C=N–C) groups is 2. The maximum absolute atomic E-state index is 12.4.